The van der Waals surface area contributed by atoms with Crippen LogP contribution in [0.4, 0.5) is 0 Å². The summed E-state index contributed by atoms with van der Waals surface area (Å²) in [6.45, 7) is 4.11. The van der Waals surface area contributed by atoms with Crippen molar-refractivity contribution in [2.75, 3.05) is 7.11 Å². The van der Waals surface area contributed by atoms with E-state index in [0.717, 1.165) is 16.9 Å². The highest BCUT2D eigenvalue weighted by Crippen LogP contribution is 2.17. The van der Waals surface area contributed by atoms with E-state index in [0.29, 0.717) is 22.9 Å². The van der Waals surface area contributed by atoms with Gasteiger partial charge in [-0.1, -0.05) is 49.7 Å². The minimum Gasteiger partial charge on any atom is -0.497 e. The van der Waals surface area contributed by atoms with Crippen LogP contribution in [-0.4, -0.2) is 31.2 Å². The van der Waals surface area contributed by atoms with Gasteiger partial charge < -0.3 is 14.8 Å². The van der Waals surface area contributed by atoms with Crippen LogP contribution in [0.5, 0.6) is 11.5 Å². The second-order valence-corrected chi connectivity index (χ2v) is 8.52. The minimum atomic E-state index is -0.773. The largest absolute Gasteiger partial charge is 0.497 e. The lowest BCUT2D eigenvalue weighted by atomic mass is 10.0. The fourth-order valence-corrected chi connectivity index (χ4v) is 3.40. The van der Waals surface area contributed by atoms with E-state index in [-0.39, 0.29) is 5.92 Å². The molecule has 0 heterocycles. The molecule has 0 aliphatic heterocycles. The molecule has 1 unspecified atom stereocenters. The van der Waals surface area contributed by atoms with Gasteiger partial charge in [-0.25, -0.2) is 5.43 Å². The molecule has 182 valence electrons. The van der Waals surface area contributed by atoms with E-state index in [2.05, 4.69) is 15.8 Å². The second-order valence-electron chi connectivity index (χ2n) is 8.12. The quantitative estimate of drug-likeness (QED) is 0.312. The molecule has 0 fully saturated rings. The normalized spacial score (nSPS) is 11.8. The summed E-state index contributed by atoms with van der Waals surface area (Å²) in [7, 11) is 1.63. The lowest BCUT2D eigenvalue weighted by Gasteiger charge is -2.20. The Morgan fingerprint density at radius 1 is 0.971 bits per heavy atom. The number of amides is 2. The summed E-state index contributed by atoms with van der Waals surface area (Å²) in [5.41, 5.74) is 4.62. The summed E-state index contributed by atoms with van der Waals surface area (Å²) < 4.78 is 11.0. The van der Waals surface area contributed by atoms with Gasteiger partial charge in [-0.3, -0.25) is 9.59 Å². The van der Waals surface area contributed by atoms with Gasteiger partial charge in [0.25, 0.3) is 11.8 Å². The smallest absolute Gasteiger partial charge is 0.262 e. The molecule has 8 heteroatoms. The van der Waals surface area contributed by atoms with E-state index >= 15 is 0 Å². The van der Waals surface area contributed by atoms with Gasteiger partial charge in [-0.05, 0) is 65.6 Å². The summed E-state index contributed by atoms with van der Waals surface area (Å²) in [5.74, 6) is 0.518. The number of ether oxygens (including phenoxy) is 2. The Balaban J connectivity index is 1.52. The Bertz CT molecular complexity index is 1160. The van der Waals surface area contributed by atoms with Crippen LogP contribution in [0, 0.1) is 5.92 Å². The molecule has 0 saturated carbocycles. The van der Waals surface area contributed by atoms with Gasteiger partial charge in [-0.15, -0.1) is 0 Å². The molecule has 0 saturated heterocycles. The number of carbonyl (C=O) groups is 2. The van der Waals surface area contributed by atoms with Crippen LogP contribution >= 0.6 is 11.6 Å². The molecule has 3 aromatic rings. The second kappa shape index (κ2) is 12.6. The van der Waals surface area contributed by atoms with E-state index in [4.69, 9.17) is 21.1 Å². The first-order valence-corrected chi connectivity index (χ1v) is 11.5. The summed E-state index contributed by atoms with van der Waals surface area (Å²) in [4.78, 5) is 25.2. The van der Waals surface area contributed by atoms with Crippen molar-refractivity contribution in [2.45, 2.75) is 26.5 Å². The topological polar surface area (TPSA) is 89.0 Å². The maximum Gasteiger partial charge on any atom is 0.262 e. The van der Waals surface area contributed by atoms with E-state index in [1.54, 1.807) is 31.4 Å². The maximum absolute atomic E-state index is 12.6. The number of nitrogens with zero attached hydrogens (tertiary/aromatic N) is 1. The first kappa shape index (κ1) is 25.8. The van der Waals surface area contributed by atoms with Crippen molar-refractivity contribution in [3.05, 3.63) is 94.5 Å². The molecule has 0 aliphatic carbocycles. The summed E-state index contributed by atoms with van der Waals surface area (Å²) in [5, 5.41) is 7.08. The number of rotatable bonds is 10. The fraction of sp³-hybridized carbons (Fsp3) is 0.222. The van der Waals surface area contributed by atoms with Crippen molar-refractivity contribution in [1.29, 1.82) is 0 Å². The Kier molecular flexibility index (Phi) is 9.26. The molecule has 7 nitrogen and oxygen atoms in total. The molecule has 0 aliphatic rings. The van der Waals surface area contributed by atoms with Crippen LogP contribution in [0.1, 0.15) is 35.3 Å². The standard InChI is InChI=1S/C27H28ClN3O4/c1-18(2)25(30-26(32)23-6-4-5-7-24(23)28)27(33)31-29-16-19-8-14-22(15-9-19)35-17-20-10-12-21(34-3)13-11-20/h4-16,18,25H,17H2,1-3H3,(H,30,32)(H,31,33)/b29-16-. The van der Waals surface area contributed by atoms with Gasteiger partial charge in [0, 0.05) is 0 Å². The zero-order valence-electron chi connectivity index (χ0n) is 19.8. The molecular weight excluding hydrogens is 466 g/mol. The van der Waals surface area contributed by atoms with Crippen molar-refractivity contribution in [3.8, 4) is 11.5 Å². The average Bonchev–Trinajstić information content (AvgIpc) is 2.87. The molecule has 0 bridgehead atoms. The summed E-state index contributed by atoms with van der Waals surface area (Å²) in [6.07, 6.45) is 1.53. The highest BCUT2D eigenvalue weighted by Gasteiger charge is 2.25. The van der Waals surface area contributed by atoms with Crippen molar-refractivity contribution in [2.24, 2.45) is 11.0 Å². The minimum absolute atomic E-state index is 0.154. The van der Waals surface area contributed by atoms with Crippen LogP contribution in [-0.2, 0) is 11.4 Å². The molecule has 0 radical (unpaired) electrons. The average molecular weight is 494 g/mol. The van der Waals surface area contributed by atoms with Crippen molar-refractivity contribution in [1.82, 2.24) is 10.7 Å². The number of halogens is 1. The first-order chi connectivity index (χ1) is 16.9. The Hall–Kier alpha value is -3.84. The monoisotopic (exact) mass is 493 g/mol. The van der Waals surface area contributed by atoms with Crippen molar-refractivity contribution >= 4 is 29.6 Å². The number of hydrogen-bond donors (Lipinski definition) is 2. The first-order valence-electron chi connectivity index (χ1n) is 11.1. The van der Waals surface area contributed by atoms with Gasteiger partial charge >= 0.3 is 0 Å². The van der Waals surface area contributed by atoms with Crippen molar-refractivity contribution in [3.63, 3.8) is 0 Å². The Morgan fingerprint density at radius 2 is 1.63 bits per heavy atom. The third kappa shape index (κ3) is 7.58. The SMILES string of the molecule is COc1ccc(COc2ccc(/C=N\NC(=O)C(NC(=O)c3ccccc3Cl)C(C)C)cc2)cc1. The van der Waals surface area contributed by atoms with Crippen LogP contribution in [0.25, 0.3) is 0 Å². The van der Waals surface area contributed by atoms with E-state index < -0.39 is 17.9 Å². The zero-order chi connectivity index (χ0) is 25.2. The molecule has 3 rings (SSSR count). The van der Waals surface area contributed by atoms with Crippen LogP contribution in [0.2, 0.25) is 5.02 Å². The van der Waals surface area contributed by atoms with Gasteiger partial charge in [0.1, 0.15) is 24.1 Å². The van der Waals surface area contributed by atoms with Gasteiger partial charge in [0.2, 0.25) is 0 Å². The maximum atomic E-state index is 12.6. The molecular formula is C27H28ClN3O4. The number of benzene rings is 3. The highest BCUT2D eigenvalue weighted by molar-refractivity contribution is 6.33. The van der Waals surface area contributed by atoms with Gasteiger partial charge in [0.15, 0.2) is 0 Å². The number of hydrazone groups is 1. The zero-order valence-corrected chi connectivity index (χ0v) is 20.6. The highest BCUT2D eigenvalue weighted by atomic mass is 35.5. The van der Waals surface area contributed by atoms with Gasteiger partial charge in [0.05, 0.1) is 23.9 Å². The van der Waals surface area contributed by atoms with Gasteiger partial charge in [-0.2, -0.15) is 5.10 Å². The van der Waals surface area contributed by atoms with Crippen LogP contribution in [0.3, 0.4) is 0 Å². The molecule has 1 atom stereocenters. The molecule has 2 amide bonds. The predicted octanol–water partition coefficient (Wildman–Crippen LogP) is 4.83. The summed E-state index contributed by atoms with van der Waals surface area (Å²) in [6, 6.07) is 20.9. The third-order valence-electron chi connectivity index (χ3n) is 5.19. The molecule has 35 heavy (non-hydrogen) atoms. The fourth-order valence-electron chi connectivity index (χ4n) is 3.18. The molecule has 0 aromatic heterocycles. The molecule has 2 N–H and O–H groups in total. The number of methoxy groups -OCH3 is 1. The summed E-state index contributed by atoms with van der Waals surface area (Å²) >= 11 is 6.09. The molecule has 0 spiro atoms. The van der Waals surface area contributed by atoms with Crippen molar-refractivity contribution < 1.29 is 19.1 Å². The number of hydrogen-bond acceptors (Lipinski definition) is 5. The van der Waals surface area contributed by atoms with Crippen LogP contribution in [0.15, 0.2) is 77.9 Å². The van der Waals surface area contributed by atoms with E-state index in [1.165, 1.54) is 6.21 Å². The predicted molar refractivity (Wildman–Crippen MR) is 137 cm³/mol. The lowest BCUT2D eigenvalue weighted by molar-refractivity contribution is -0.123. The van der Waals surface area contributed by atoms with E-state index in [1.807, 2.05) is 62.4 Å². The van der Waals surface area contributed by atoms with E-state index in [9.17, 15) is 9.59 Å². The van der Waals surface area contributed by atoms with Crippen LogP contribution < -0.4 is 20.2 Å². The number of nitrogens with one attached hydrogen (secondary N) is 2. The Morgan fingerprint density at radius 3 is 2.26 bits per heavy atom. The molecule has 3 aromatic carbocycles. The third-order valence-corrected chi connectivity index (χ3v) is 5.52. The lowest BCUT2D eigenvalue weighted by Crippen LogP contribution is -2.48. The number of carbonyl (C=O) groups excluding carboxylic acids is 2. The Labute approximate surface area is 210 Å².